The number of carbonyl (C=O) groups excluding carboxylic acids is 2. The number of allylic oxidation sites excluding steroid dienone is 10. The molecule has 0 aromatic heterocycles. The number of aliphatic hydroxyl groups is 3. The number of rotatable bonds is 37. The van der Waals surface area contributed by atoms with Crippen LogP contribution < -0.4 is 0 Å². The summed E-state index contributed by atoms with van der Waals surface area (Å²) >= 11 is 0. The van der Waals surface area contributed by atoms with Gasteiger partial charge in [-0.3, -0.25) is 14.1 Å². The quantitative estimate of drug-likeness (QED) is 0.0201. The van der Waals surface area contributed by atoms with Crippen molar-refractivity contribution in [3.8, 4) is 0 Å². The Bertz CT molecular complexity index is 1340. The summed E-state index contributed by atoms with van der Waals surface area (Å²) < 4.78 is 54.0. The lowest BCUT2D eigenvalue weighted by molar-refractivity contribution is -0.297. The fourth-order valence-corrected chi connectivity index (χ4v) is 7.28. The van der Waals surface area contributed by atoms with Gasteiger partial charge in [-0.2, -0.15) is 8.42 Å². The molecule has 0 aliphatic carbocycles. The first-order chi connectivity index (χ1) is 29.0. The van der Waals surface area contributed by atoms with E-state index in [1.807, 2.05) is 0 Å². The number of esters is 2. The molecule has 0 amide bonds. The third kappa shape index (κ3) is 31.2. The molecule has 2 unspecified atom stereocenters. The van der Waals surface area contributed by atoms with Gasteiger partial charge in [0.1, 0.15) is 36.8 Å². The molecule has 1 aliphatic rings. The van der Waals surface area contributed by atoms with Gasteiger partial charge in [0, 0.05) is 12.8 Å². The molecule has 1 aliphatic heterocycles. The molecular weight excluding hydrogens is 789 g/mol. The highest BCUT2D eigenvalue weighted by Crippen LogP contribution is 2.24. The van der Waals surface area contributed by atoms with E-state index in [4.69, 9.17) is 18.9 Å². The van der Waals surface area contributed by atoms with Crippen molar-refractivity contribution in [2.24, 2.45) is 0 Å². The zero-order valence-corrected chi connectivity index (χ0v) is 37.6. The minimum atomic E-state index is -4.61. The van der Waals surface area contributed by atoms with E-state index < -0.39 is 71.2 Å². The summed E-state index contributed by atoms with van der Waals surface area (Å²) in [5.74, 6) is -2.03. The first-order valence-corrected chi connectivity index (χ1v) is 24.5. The van der Waals surface area contributed by atoms with Crippen LogP contribution in [-0.2, 0) is 38.7 Å². The van der Waals surface area contributed by atoms with Gasteiger partial charge in [0.15, 0.2) is 12.4 Å². The highest BCUT2D eigenvalue weighted by molar-refractivity contribution is 7.85. The molecule has 13 heteroatoms. The molecule has 0 aromatic carbocycles. The van der Waals surface area contributed by atoms with Crippen molar-refractivity contribution in [3.63, 3.8) is 0 Å². The van der Waals surface area contributed by atoms with E-state index in [0.717, 1.165) is 70.6 Å². The maximum Gasteiger partial charge on any atom is 0.306 e. The Morgan fingerprint density at radius 1 is 0.583 bits per heavy atom. The van der Waals surface area contributed by atoms with Crippen LogP contribution in [0.4, 0.5) is 0 Å². The highest BCUT2D eigenvalue weighted by atomic mass is 32.2. The van der Waals surface area contributed by atoms with Crippen LogP contribution in [0.2, 0.25) is 0 Å². The van der Waals surface area contributed by atoms with E-state index in [1.54, 1.807) is 0 Å². The molecular formula is C47H80O12S. The Morgan fingerprint density at radius 2 is 1.05 bits per heavy atom. The summed E-state index contributed by atoms with van der Waals surface area (Å²) in [5, 5.41) is 30.9. The van der Waals surface area contributed by atoms with E-state index >= 15 is 0 Å². The molecule has 1 saturated heterocycles. The molecule has 0 saturated carbocycles. The average molecular weight is 869 g/mol. The van der Waals surface area contributed by atoms with Crippen LogP contribution >= 0.6 is 0 Å². The predicted octanol–water partition coefficient (Wildman–Crippen LogP) is 9.34. The van der Waals surface area contributed by atoms with Crippen molar-refractivity contribution in [1.29, 1.82) is 0 Å². The second-order valence-electron chi connectivity index (χ2n) is 15.7. The number of aliphatic hydroxyl groups excluding tert-OH is 3. The van der Waals surface area contributed by atoms with Crippen LogP contribution in [0.15, 0.2) is 60.8 Å². The molecule has 0 bridgehead atoms. The van der Waals surface area contributed by atoms with Gasteiger partial charge in [0.25, 0.3) is 10.1 Å². The second-order valence-corrected chi connectivity index (χ2v) is 17.2. The van der Waals surface area contributed by atoms with Crippen molar-refractivity contribution in [2.75, 3.05) is 19.0 Å². The third-order valence-electron chi connectivity index (χ3n) is 10.1. The van der Waals surface area contributed by atoms with Crippen LogP contribution in [0.1, 0.15) is 168 Å². The molecule has 60 heavy (non-hydrogen) atoms. The fraction of sp³-hybridized carbons (Fsp3) is 0.745. The maximum absolute atomic E-state index is 12.8. The van der Waals surface area contributed by atoms with E-state index in [1.165, 1.54) is 57.8 Å². The molecule has 6 atom stereocenters. The molecule has 0 spiro atoms. The fourth-order valence-electron chi connectivity index (χ4n) is 6.58. The van der Waals surface area contributed by atoms with Crippen molar-refractivity contribution < 1.29 is 56.8 Å². The molecule has 0 radical (unpaired) electrons. The second kappa shape index (κ2) is 37.0. The van der Waals surface area contributed by atoms with E-state index in [9.17, 15) is 37.9 Å². The lowest BCUT2D eigenvalue weighted by Gasteiger charge is -2.40. The van der Waals surface area contributed by atoms with Crippen molar-refractivity contribution in [2.45, 2.75) is 205 Å². The summed E-state index contributed by atoms with van der Waals surface area (Å²) in [6.45, 7) is 3.61. The van der Waals surface area contributed by atoms with Gasteiger partial charge in [-0.25, -0.2) is 0 Å². The van der Waals surface area contributed by atoms with Crippen LogP contribution in [0.5, 0.6) is 0 Å². The van der Waals surface area contributed by atoms with E-state index in [0.29, 0.717) is 12.8 Å². The lowest BCUT2D eigenvalue weighted by atomic mass is 10.00. The summed E-state index contributed by atoms with van der Waals surface area (Å²) in [6, 6.07) is 0. The topological polar surface area (TPSA) is 186 Å². The molecule has 1 fully saturated rings. The maximum atomic E-state index is 12.8. The Labute approximate surface area is 362 Å². The molecule has 346 valence electrons. The zero-order valence-electron chi connectivity index (χ0n) is 36.8. The summed E-state index contributed by atoms with van der Waals surface area (Å²) in [5.41, 5.74) is 0. The molecule has 4 N–H and O–H groups in total. The standard InChI is InChI=1S/C47H80O12S/c1-3-5-7-9-11-13-15-17-18-19-20-21-22-24-26-28-30-32-34-36-43(49)58-40(38-57-47-46(52)45(51)44(50)41(59-47)39-60(53,54)55)37-56-42(48)35-33-31-29-27-25-23-16-14-12-10-8-6-4-2/h5,7,11,13,17-18,20-21,24,26,40-41,44-47,50-52H,3-4,6,8-10,12,14-16,19,22-23,25,27-39H2,1-2H3,(H,53,54,55)/b7-5+,13-11+,18-17+,21-20+,26-24+/t40-,41-,44-,45?,46?,47+/m1/s1. The number of hydrogen-bond acceptors (Lipinski definition) is 11. The summed E-state index contributed by atoms with van der Waals surface area (Å²) in [4.78, 5) is 25.4. The Kier molecular flexibility index (Phi) is 34.1. The number of ether oxygens (including phenoxy) is 4. The minimum absolute atomic E-state index is 0.124. The van der Waals surface area contributed by atoms with E-state index in [2.05, 4.69) is 74.6 Å². The first-order valence-electron chi connectivity index (χ1n) is 22.8. The van der Waals surface area contributed by atoms with E-state index in [-0.39, 0.29) is 19.4 Å². The molecule has 0 aromatic rings. The van der Waals surface area contributed by atoms with Crippen molar-refractivity contribution >= 4 is 22.1 Å². The molecule has 1 rings (SSSR count). The Balaban J connectivity index is 2.47. The molecule has 12 nitrogen and oxygen atoms in total. The lowest BCUT2D eigenvalue weighted by Crippen LogP contribution is -2.60. The van der Waals surface area contributed by atoms with Gasteiger partial charge < -0.3 is 34.3 Å². The zero-order chi connectivity index (χ0) is 44.1. The van der Waals surface area contributed by atoms with Gasteiger partial charge in [0.05, 0.1) is 6.61 Å². The summed E-state index contributed by atoms with van der Waals surface area (Å²) in [7, 11) is -4.61. The van der Waals surface area contributed by atoms with Gasteiger partial charge >= 0.3 is 11.9 Å². The van der Waals surface area contributed by atoms with Crippen molar-refractivity contribution in [3.05, 3.63) is 60.8 Å². The minimum Gasteiger partial charge on any atom is -0.462 e. The van der Waals surface area contributed by atoms with Gasteiger partial charge in [-0.1, -0.05) is 158 Å². The van der Waals surface area contributed by atoms with Gasteiger partial charge in [-0.15, -0.1) is 0 Å². The van der Waals surface area contributed by atoms with Crippen LogP contribution in [-0.4, -0.2) is 96.0 Å². The average Bonchev–Trinajstić information content (AvgIpc) is 3.21. The van der Waals surface area contributed by atoms with Crippen LogP contribution in [0.25, 0.3) is 0 Å². The Hall–Kier alpha value is -2.65. The number of carbonyl (C=O) groups is 2. The van der Waals surface area contributed by atoms with Gasteiger partial charge in [-0.05, 0) is 57.8 Å². The molecule has 1 heterocycles. The number of hydrogen-bond donors (Lipinski definition) is 4. The highest BCUT2D eigenvalue weighted by Gasteiger charge is 2.46. The van der Waals surface area contributed by atoms with Gasteiger partial charge in [0.2, 0.25) is 0 Å². The normalized spacial score (nSPS) is 20.7. The Morgan fingerprint density at radius 3 is 1.57 bits per heavy atom. The van der Waals surface area contributed by atoms with Crippen LogP contribution in [0, 0.1) is 0 Å². The smallest absolute Gasteiger partial charge is 0.306 e. The third-order valence-corrected chi connectivity index (χ3v) is 10.9. The largest absolute Gasteiger partial charge is 0.462 e. The van der Waals surface area contributed by atoms with Crippen molar-refractivity contribution in [1.82, 2.24) is 0 Å². The van der Waals surface area contributed by atoms with Crippen LogP contribution in [0.3, 0.4) is 0 Å². The predicted molar refractivity (Wildman–Crippen MR) is 238 cm³/mol. The number of unbranched alkanes of at least 4 members (excludes halogenated alkanes) is 15. The first kappa shape index (κ1) is 55.4. The SMILES string of the molecule is CC/C=C/C/C=C/C/C=C/C/C=C/C/C=C/CCCCCC(=O)O[C@H](COC(=O)CCCCCCCCCCCCCCC)CO[C@H]1O[C@H](CS(=O)(=O)O)[C@@H](O)C(O)C1O. The summed E-state index contributed by atoms with van der Waals surface area (Å²) in [6.07, 6.45) is 35.5. The monoisotopic (exact) mass is 869 g/mol.